The number of anilines is 1. The first-order valence-corrected chi connectivity index (χ1v) is 7.48. The standard InChI is InChI=1S/C14H19Cl2N3O/c1-17-11-3-2-6-19(8-11)9-14(20)18-13-5-4-10(15)7-12(13)16/h4-5,7,11,17H,2-3,6,8-9H2,1H3,(H,18,20). The molecule has 1 fully saturated rings. The highest BCUT2D eigenvalue weighted by atomic mass is 35.5. The number of carbonyl (C=O) groups is 1. The zero-order valence-electron chi connectivity index (χ0n) is 11.5. The number of carbonyl (C=O) groups excluding carboxylic acids is 1. The van der Waals surface area contributed by atoms with Crippen LogP contribution in [0.4, 0.5) is 5.69 Å². The van der Waals surface area contributed by atoms with Crippen molar-refractivity contribution in [2.24, 2.45) is 0 Å². The zero-order chi connectivity index (χ0) is 14.5. The van der Waals surface area contributed by atoms with Crippen LogP contribution in [0.15, 0.2) is 18.2 Å². The topological polar surface area (TPSA) is 44.4 Å². The van der Waals surface area contributed by atoms with Crippen LogP contribution in [0.5, 0.6) is 0 Å². The van der Waals surface area contributed by atoms with Gasteiger partial charge in [0.25, 0.3) is 0 Å². The van der Waals surface area contributed by atoms with E-state index in [1.807, 2.05) is 7.05 Å². The SMILES string of the molecule is CNC1CCCN(CC(=O)Nc2ccc(Cl)cc2Cl)C1. The van der Waals surface area contributed by atoms with Gasteiger partial charge in [-0.2, -0.15) is 0 Å². The second-order valence-corrected chi connectivity index (χ2v) is 5.88. The number of likely N-dealkylation sites (tertiary alicyclic amines) is 1. The molecular weight excluding hydrogens is 297 g/mol. The van der Waals surface area contributed by atoms with E-state index in [0.717, 1.165) is 25.9 Å². The first-order valence-electron chi connectivity index (χ1n) is 6.73. The fraction of sp³-hybridized carbons (Fsp3) is 0.500. The van der Waals surface area contributed by atoms with Gasteiger partial charge in [-0.3, -0.25) is 9.69 Å². The summed E-state index contributed by atoms with van der Waals surface area (Å²) in [6.45, 7) is 2.25. The predicted molar refractivity (Wildman–Crippen MR) is 83.6 cm³/mol. The molecule has 1 aromatic rings. The number of hydrogen-bond donors (Lipinski definition) is 2. The number of likely N-dealkylation sites (N-methyl/N-ethyl adjacent to an activating group) is 1. The number of nitrogens with one attached hydrogen (secondary N) is 2. The number of hydrogen-bond acceptors (Lipinski definition) is 3. The van der Waals surface area contributed by atoms with Gasteiger partial charge < -0.3 is 10.6 Å². The minimum Gasteiger partial charge on any atom is -0.324 e. The molecule has 0 aliphatic carbocycles. The van der Waals surface area contributed by atoms with Crippen LogP contribution in [0.1, 0.15) is 12.8 Å². The number of amides is 1. The Balaban J connectivity index is 1.88. The van der Waals surface area contributed by atoms with E-state index in [0.29, 0.717) is 28.3 Å². The van der Waals surface area contributed by atoms with E-state index >= 15 is 0 Å². The molecule has 1 saturated heterocycles. The van der Waals surface area contributed by atoms with Crippen molar-refractivity contribution in [3.63, 3.8) is 0 Å². The highest BCUT2D eigenvalue weighted by Gasteiger charge is 2.20. The average molecular weight is 316 g/mol. The van der Waals surface area contributed by atoms with Gasteiger partial charge in [0.05, 0.1) is 17.3 Å². The minimum absolute atomic E-state index is 0.0500. The Bertz CT molecular complexity index is 481. The van der Waals surface area contributed by atoms with E-state index in [-0.39, 0.29) is 5.91 Å². The Morgan fingerprint density at radius 3 is 2.95 bits per heavy atom. The first-order chi connectivity index (χ1) is 9.58. The van der Waals surface area contributed by atoms with E-state index in [1.54, 1.807) is 18.2 Å². The van der Waals surface area contributed by atoms with Gasteiger partial charge in [0.1, 0.15) is 0 Å². The van der Waals surface area contributed by atoms with Crippen LogP contribution in [-0.2, 0) is 4.79 Å². The summed E-state index contributed by atoms with van der Waals surface area (Å²) in [5.74, 6) is -0.0500. The molecule has 1 unspecified atom stereocenters. The summed E-state index contributed by atoms with van der Waals surface area (Å²) in [5, 5.41) is 7.10. The summed E-state index contributed by atoms with van der Waals surface area (Å²) >= 11 is 11.9. The number of rotatable bonds is 4. The molecule has 1 atom stereocenters. The second kappa shape index (κ2) is 7.27. The van der Waals surface area contributed by atoms with E-state index < -0.39 is 0 Å². The molecule has 1 aromatic carbocycles. The molecule has 2 N–H and O–H groups in total. The van der Waals surface area contributed by atoms with E-state index in [1.165, 1.54) is 0 Å². The molecule has 0 bridgehead atoms. The molecule has 20 heavy (non-hydrogen) atoms. The Morgan fingerprint density at radius 1 is 1.45 bits per heavy atom. The number of piperidine rings is 1. The third-order valence-electron chi connectivity index (χ3n) is 3.49. The summed E-state index contributed by atoms with van der Waals surface area (Å²) in [6.07, 6.45) is 2.28. The maximum atomic E-state index is 12.0. The lowest BCUT2D eigenvalue weighted by Crippen LogP contribution is -2.46. The molecule has 110 valence electrons. The number of halogens is 2. The largest absolute Gasteiger partial charge is 0.324 e. The molecule has 0 radical (unpaired) electrons. The number of benzene rings is 1. The minimum atomic E-state index is -0.0500. The fourth-order valence-corrected chi connectivity index (χ4v) is 2.87. The molecule has 6 heteroatoms. The molecule has 1 aliphatic rings. The lowest BCUT2D eigenvalue weighted by molar-refractivity contribution is -0.117. The molecule has 0 spiro atoms. The maximum absolute atomic E-state index is 12.0. The van der Waals surface area contributed by atoms with Gasteiger partial charge in [-0.05, 0) is 44.6 Å². The van der Waals surface area contributed by atoms with Crippen molar-refractivity contribution in [2.75, 3.05) is 32.0 Å². The molecule has 1 aliphatic heterocycles. The molecule has 4 nitrogen and oxygen atoms in total. The highest BCUT2D eigenvalue weighted by Crippen LogP contribution is 2.25. The summed E-state index contributed by atoms with van der Waals surface area (Å²) < 4.78 is 0. The Labute approximate surface area is 129 Å². The van der Waals surface area contributed by atoms with Gasteiger partial charge in [-0.15, -0.1) is 0 Å². The summed E-state index contributed by atoms with van der Waals surface area (Å²) in [6, 6.07) is 5.52. The van der Waals surface area contributed by atoms with Crippen LogP contribution in [0.25, 0.3) is 0 Å². The average Bonchev–Trinajstić information content (AvgIpc) is 2.42. The van der Waals surface area contributed by atoms with Crippen molar-refractivity contribution in [2.45, 2.75) is 18.9 Å². The highest BCUT2D eigenvalue weighted by molar-refractivity contribution is 6.36. The van der Waals surface area contributed by atoms with Gasteiger partial charge in [0.15, 0.2) is 0 Å². The van der Waals surface area contributed by atoms with E-state index in [9.17, 15) is 4.79 Å². The quantitative estimate of drug-likeness (QED) is 0.897. The van der Waals surface area contributed by atoms with Crippen LogP contribution in [0.2, 0.25) is 10.0 Å². The second-order valence-electron chi connectivity index (χ2n) is 5.04. The summed E-state index contributed by atoms with van der Waals surface area (Å²) in [4.78, 5) is 14.2. The van der Waals surface area contributed by atoms with Crippen molar-refractivity contribution in [1.82, 2.24) is 10.2 Å². The molecule has 0 saturated carbocycles. The van der Waals surface area contributed by atoms with Crippen LogP contribution >= 0.6 is 23.2 Å². The Kier molecular flexibility index (Phi) is 5.66. The van der Waals surface area contributed by atoms with E-state index in [2.05, 4.69) is 15.5 Å². The normalized spacial score (nSPS) is 19.9. The van der Waals surface area contributed by atoms with Crippen LogP contribution in [-0.4, -0.2) is 43.5 Å². The Morgan fingerprint density at radius 2 is 2.25 bits per heavy atom. The molecule has 0 aromatic heterocycles. The van der Waals surface area contributed by atoms with E-state index in [4.69, 9.17) is 23.2 Å². The van der Waals surface area contributed by atoms with Gasteiger partial charge in [0.2, 0.25) is 5.91 Å². The smallest absolute Gasteiger partial charge is 0.238 e. The molecule has 2 rings (SSSR count). The third-order valence-corrected chi connectivity index (χ3v) is 4.03. The van der Waals surface area contributed by atoms with Crippen LogP contribution in [0, 0.1) is 0 Å². The lowest BCUT2D eigenvalue weighted by atomic mass is 10.1. The lowest BCUT2D eigenvalue weighted by Gasteiger charge is -2.31. The maximum Gasteiger partial charge on any atom is 0.238 e. The van der Waals surface area contributed by atoms with Crippen molar-refractivity contribution < 1.29 is 4.79 Å². The van der Waals surface area contributed by atoms with Crippen LogP contribution < -0.4 is 10.6 Å². The van der Waals surface area contributed by atoms with Gasteiger partial charge >= 0.3 is 0 Å². The van der Waals surface area contributed by atoms with Crippen LogP contribution in [0.3, 0.4) is 0 Å². The van der Waals surface area contributed by atoms with Gasteiger partial charge in [0, 0.05) is 17.6 Å². The van der Waals surface area contributed by atoms with Crippen molar-refractivity contribution in [3.8, 4) is 0 Å². The van der Waals surface area contributed by atoms with Crippen molar-refractivity contribution in [3.05, 3.63) is 28.2 Å². The van der Waals surface area contributed by atoms with Gasteiger partial charge in [-0.25, -0.2) is 0 Å². The molecular formula is C14H19Cl2N3O. The summed E-state index contributed by atoms with van der Waals surface area (Å²) in [7, 11) is 1.96. The third kappa shape index (κ3) is 4.35. The summed E-state index contributed by atoms with van der Waals surface area (Å²) in [5.41, 5.74) is 0.600. The van der Waals surface area contributed by atoms with Gasteiger partial charge in [-0.1, -0.05) is 23.2 Å². The monoisotopic (exact) mass is 315 g/mol. The van der Waals surface area contributed by atoms with Crippen molar-refractivity contribution >= 4 is 34.8 Å². The Hall–Kier alpha value is -0.810. The first kappa shape index (κ1) is 15.6. The predicted octanol–water partition coefficient (Wildman–Crippen LogP) is 2.62. The zero-order valence-corrected chi connectivity index (χ0v) is 13.0. The molecule has 1 heterocycles. The molecule has 1 amide bonds. The number of nitrogens with zero attached hydrogens (tertiary/aromatic N) is 1. The van der Waals surface area contributed by atoms with Crippen molar-refractivity contribution in [1.29, 1.82) is 0 Å². The fourth-order valence-electron chi connectivity index (χ4n) is 2.42.